The van der Waals surface area contributed by atoms with Gasteiger partial charge in [-0.05, 0) is 42.5 Å². The van der Waals surface area contributed by atoms with E-state index in [0.29, 0.717) is 56.8 Å². The highest BCUT2D eigenvalue weighted by molar-refractivity contribution is 5.97. The zero-order valence-corrected chi connectivity index (χ0v) is 21.4. The van der Waals surface area contributed by atoms with Crippen molar-refractivity contribution in [2.45, 2.75) is 45.1 Å². The molecule has 3 aromatic rings. The number of carbonyl (C=O) groups excluding carboxylic acids is 1. The Morgan fingerprint density at radius 2 is 2.05 bits per heavy atom. The summed E-state index contributed by atoms with van der Waals surface area (Å²) < 4.78 is 34.9. The van der Waals surface area contributed by atoms with E-state index in [2.05, 4.69) is 26.3 Å². The summed E-state index contributed by atoms with van der Waals surface area (Å²) in [6.07, 6.45) is 5.17. The smallest absolute Gasteiger partial charge is 0.254 e. The van der Waals surface area contributed by atoms with Gasteiger partial charge >= 0.3 is 0 Å². The number of hydrogen-bond acceptors (Lipinski definition) is 6. The van der Waals surface area contributed by atoms with Crippen LogP contribution < -0.4 is 10.1 Å². The van der Waals surface area contributed by atoms with Crippen molar-refractivity contribution in [2.24, 2.45) is 0 Å². The number of aromatic nitrogens is 3. The first-order valence-corrected chi connectivity index (χ1v) is 12.6. The van der Waals surface area contributed by atoms with E-state index in [4.69, 9.17) is 4.74 Å². The second-order valence-corrected chi connectivity index (χ2v) is 9.70. The minimum Gasteiger partial charge on any atom is -0.494 e. The normalized spacial score (nSPS) is 18.7. The number of carbonyl (C=O) groups is 1. The number of amides is 1. The third kappa shape index (κ3) is 5.02. The molecule has 1 fully saturated rings. The summed E-state index contributed by atoms with van der Waals surface area (Å²) in [6.45, 7) is 4.68. The number of methoxy groups -OCH3 is 1. The lowest BCUT2D eigenvalue weighted by Gasteiger charge is -2.35. The molecule has 2 aromatic heterocycles. The van der Waals surface area contributed by atoms with Crippen molar-refractivity contribution in [3.63, 3.8) is 0 Å². The fourth-order valence-electron chi connectivity index (χ4n) is 5.39. The first-order chi connectivity index (χ1) is 17.9. The van der Waals surface area contributed by atoms with Gasteiger partial charge in [0.15, 0.2) is 11.6 Å². The number of likely N-dealkylation sites (tertiary alicyclic amines) is 1. The Morgan fingerprint density at radius 3 is 2.78 bits per heavy atom. The van der Waals surface area contributed by atoms with Gasteiger partial charge in [-0.3, -0.25) is 14.7 Å². The van der Waals surface area contributed by atoms with E-state index < -0.39 is 12.0 Å². The molecule has 4 heterocycles. The lowest BCUT2D eigenvalue weighted by Crippen LogP contribution is -2.40. The largest absolute Gasteiger partial charge is 0.494 e. The number of benzene rings is 1. The number of ether oxygens (including phenoxy) is 1. The average molecular weight is 511 g/mol. The van der Waals surface area contributed by atoms with Gasteiger partial charge in [0.25, 0.3) is 5.91 Å². The summed E-state index contributed by atoms with van der Waals surface area (Å²) in [5, 5.41) is 3.08. The van der Waals surface area contributed by atoms with Crippen LogP contribution in [0.5, 0.6) is 5.75 Å². The Balaban J connectivity index is 1.49. The minimum absolute atomic E-state index is 0.0915. The molecule has 1 saturated heterocycles. The number of nitrogens with zero attached hydrogens (tertiary/aromatic N) is 5. The monoisotopic (exact) mass is 510 g/mol. The molecule has 37 heavy (non-hydrogen) atoms. The highest BCUT2D eigenvalue weighted by Crippen LogP contribution is 2.32. The van der Waals surface area contributed by atoms with Crippen molar-refractivity contribution in [3.05, 3.63) is 70.6 Å². The maximum absolute atomic E-state index is 13.9. The standard InChI is InChI=1S/C27H32F2N6O2/c1-17(24-12-25(37-3)23(29)13-32-24)35-8-5-21-19(15-33-7-4-20(28)16-33)10-18(11-22(21)26(35)36)14-34-9-6-31-27(34)30-2/h6,9-13,17,20H,4-5,7-8,14-16H2,1-3H3,(H,30,31)/t17-,20-/m0/s1. The number of pyridine rings is 1. The summed E-state index contributed by atoms with van der Waals surface area (Å²) >= 11 is 0. The molecule has 0 spiro atoms. The van der Waals surface area contributed by atoms with Gasteiger partial charge in [-0.15, -0.1) is 0 Å². The quantitative estimate of drug-likeness (QED) is 0.497. The highest BCUT2D eigenvalue weighted by Gasteiger charge is 2.32. The number of fused-ring (bicyclic) bond motifs is 1. The Kier molecular flexibility index (Phi) is 7.10. The predicted octanol–water partition coefficient (Wildman–Crippen LogP) is 3.82. The van der Waals surface area contributed by atoms with E-state index in [9.17, 15) is 13.6 Å². The summed E-state index contributed by atoms with van der Waals surface area (Å²) in [4.78, 5) is 26.3. The molecule has 1 amide bonds. The number of halogens is 2. The number of alkyl halides is 1. The van der Waals surface area contributed by atoms with Gasteiger partial charge in [-0.25, -0.2) is 13.8 Å². The van der Waals surface area contributed by atoms with E-state index in [1.807, 2.05) is 30.8 Å². The zero-order chi connectivity index (χ0) is 26.1. The molecule has 1 N–H and O–H groups in total. The number of nitrogens with one attached hydrogen (secondary N) is 1. The van der Waals surface area contributed by atoms with Crippen molar-refractivity contribution in [1.29, 1.82) is 0 Å². The molecule has 0 bridgehead atoms. The van der Waals surface area contributed by atoms with Crippen LogP contribution in [0.2, 0.25) is 0 Å². The molecule has 0 aliphatic carbocycles. The van der Waals surface area contributed by atoms with Crippen LogP contribution in [-0.2, 0) is 19.5 Å². The molecule has 8 nitrogen and oxygen atoms in total. The van der Waals surface area contributed by atoms with Gasteiger partial charge in [0.05, 0.1) is 31.6 Å². The summed E-state index contributed by atoms with van der Waals surface area (Å²) in [7, 11) is 3.22. The van der Waals surface area contributed by atoms with Crippen LogP contribution in [0.3, 0.4) is 0 Å². The van der Waals surface area contributed by atoms with E-state index in [-0.39, 0.29) is 17.7 Å². The summed E-state index contributed by atoms with van der Waals surface area (Å²) in [5.74, 6) is 0.202. The maximum atomic E-state index is 13.9. The van der Waals surface area contributed by atoms with Gasteiger partial charge in [-0.1, -0.05) is 6.07 Å². The van der Waals surface area contributed by atoms with Crippen molar-refractivity contribution in [1.82, 2.24) is 24.3 Å². The third-order valence-electron chi connectivity index (χ3n) is 7.35. The molecule has 2 aliphatic heterocycles. The van der Waals surface area contributed by atoms with Crippen molar-refractivity contribution < 1.29 is 18.3 Å². The molecule has 0 unspecified atom stereocenters. The fourth-order valence-corrected chi connectivity index (χ4v) is 5.39. The van der Waals surface area contributed by atoms with Crippen molar-refractivity contribution in [2.75, 3.05) is 39.1 Å². The highest BCUT2D eigenvalue weighted by atomic mass is 19.1. The second-order valence-electron chi connectivity index (χ2n) is 9.70. The Labute approximate surface area is 215 Å². The van der Waals surface area contributed by atoms with Crippen molar-refractivity contribution >= 4 is 11.9 Å². The van der Waals surface area contributed by atoms with Crippen LogP contribution >= 0.6 is 0 Å². The average Bonchev–Trinajstić information content (AvgIpc) is 3.52. The first-order valence-electron chi connectivity index (χ1n) is 12.6. The second kappa shape index (κ2) is 10.5. The molecule has 2 aliphatic rings. The molecule has 2 atom stereocenters. The lowest BCUT2D eigenvalue weighted by molar-refractivity contribution is 0.0667. The molecule has 1 aromatic carbocycles. The van der Waals surface area contributed by atoms with Crippen LogP contribution in [0.25, 0.3) is 0 Å². The number of hydrogen-bond donors (Lipinski definition) is 1. The predicted molar refractivity (Wildman–Crippen MR) is 136 cm³/mol. The van der Waals surface area contributed by atoms with E-state index in [1.165, 1.54) is 7.11 Å². The number of anilines is 1. The molecule has 0 radical (unpaired) electrons. The molecule has 0 saturated carbocycles. The van der Waals surface area contributed by atoms with E-state index in [1.54, 1.807) is 17.2 Å². The number of rotatable bonds is 8. The van der Waals surface area contributed by atoms with Crippen LogP contribution in [0.1, 0.15) is 52.1 Å². The summed E-state index contributed by atoms with van der Waals surface area (Å²) in [6, 6.07) is 5.28. The van der Waals surface area contributed by atoms with Gasteiger partial charge in [0.1, 0.15) is 6.17 Å². The topological polar surface area (TPSA) is 75.5 Å². The number of imidazole rings is 1. The minimum atomic E-state index is -0.804. The van der Waals surface area contributed by atoms with E-state index in [0.717, 1.165) is 28.8 Å². The van der Waals surface area contributed by atoms with Crippen LogP contribution in [-0.4, -0.2) is 70.2 Å². The van der Waals surface area contributed by atoms with Gasteiger partial charge in [0, 0.05) is 57.3 Å². The van der Waals surface area contributed by atoms with E-state index >= 15 is 0 Å². The first kappa shape index (κ1) is 25.1. The lowest BCUT2D eigenvalue weighted by atomic mass is 9.90. The van der Waals surface area contributed by atoms with Gasteiger partial charge in [-0.2, -0.15) is 0 Å². The third-order valence-corrected chi connectivity index (χ3v) is 7.35. The molecular formula is C27H32F2N6O2. The Bertz CT molecular complexity index is 1300. The van der Waals surface area contributed by atoms with Crippen molar-refractivity contribution in [3.8, 4) is 5.75 Å². The maximum Gasteiger partial charge on any atom is 0.254 e. The molecule has 10 heteroatoms. The van der Waals surface area contributed by atoms with Crippen LogP contribution in [0, 0.1) is 5.82 Å². The summed E-state index contributed by atoms with van der Waals surface area (Å²) in [5.41, 5.74) is 4.28. The van der Waals surface area contributed by atoms with Gasteiger partial charge < -0.3 is 19.5 Å². The van der Waals surface area contributed by atoms with Gasteiger partial charge in [0.2, 0.25) is 5.95 Å². The SMILES string of the molecule is CNc1nccn1Cc1cc(CN2CC[C@H](F)C2)c2c(c1)C(=O)N([C@@H](C)c1cc(OC)c(F)cn1)CC2. The Morgan fingerprint density at radius 1 is 1.22 bits per heavy atom. The van der Waals surface area contributed by atoms with Crippen LogP contribution in [0.15, 0.2) is 36.8 Å². The fraction of sp³-hybridized carbons (Fsp3) is 0.444. The zero-order valence-electron chi connectivity index (χ0n) is 21.4. The molecule has 5 rings (SSSR count). The molecular weight excluding hydrogens is 478 g/mol. The van der Waals surface area contributed by atoms with Crippen LogP contribution in [0.4, 0.5) is 14.7 Å². The Hall–Kier alpha value is -3.53. The molecule has 196 valence electrons.